The van der Waals surface area contributed by atoms with E-state index >= 15 is 0 Å². The van der Waals surface area contributed by atoms with Crippen LogP contribution in [0.15, 0.2) is 0 Å². The highest BCUT2D eigenvalue weighted by atomic mass is 16.6. The molecule has 1 heterocycles. The average Bonchev–Trinajstić information content (AvgIpc) is 2.17. The molecule has 0 aliphatic carbocycles. The maximum Gasteiger partial charge on any atom is 0.184 e. The Bertz CT molecular complexity index is 117. The maximum absolute atomic E-state index is 8.97. The third kappa shape index (κ3) is 1.14. The molecule has 1 saturated heterocycles. The molecule has 0 radical (unpaired) electrons. The Morgan fingerprint density at radius 2 is 1.80 bits per heavy atom. The Balaban J connectivity index is 2.53. The predicted molar refractivity (Wildman–Crippen MR) is 31.4 cm³/mol. The Kier molecular flexibility index (Phi) is 2.22. The zero-order valence-electron chi connectivity index (χ0n) is 5.27. The van der Waals surface area contributed by atoms with E-state index in [9.17, 15) is 0 Å². The van der Waals surface area contributed by atoms with Crippen molar-refractivity contribution in [2.45, 2.75) is 24.6 Å². The molecule has 0 aromatic heterocycles. The lowest BCUT2D eigenvalue weighted by Crippen LogP contribution is -2.33. The molecule has 1 aliphatic heterocycles. The summed E-state index contributed by atoms with van der Waals surface area (Å²) in [6.45, 7) is -0.157. The van der Waals surface area contributed by atoms with Crippen LogP contribution >= 0.6 is 0 Å². The second-order valence-corrected chi connectivity index (χ2v) is 2.25. The topological polar surface area (TPSA) is 92.8 Å². The first-order valence-corrected chi connectivity index (χ1v) is 3.01. The molecule has 0 saturated carbocycles. The Hall–Kier alpha value is -0.200. The standard InChI is InChI=1S/C5H10O5/c6-1-2-3(7)4(8)5(9)10-2/h2-9H,1H2/p+1/t2-,3-,4+,5?/m1/s1. The van der Waals surface area contributed by atoms with Crippen LogP contribution in [0.3, 0.4) is 0 Å². The minimum atomic E-state index is -1.34. The molecule has 1 rings (SSSR count). The first-order valence-electron chi connectivity index (χ1n) is 3.01. The number of ether oxygens (including phenoxy) is 1. The number of aliphatic hydroxyl groups excluding tert-OH is 3. The van der Waals surface area contributed by atoms with E-state index in [1.807, 2.05) is 0 Å². The summed E-state index contributed by atoms with van der Waals surface area (Å²) in [5, 5.41) is 33.4. The average molecular weight is 151 g/mol. The van der Waals surface area contributed by atoms with Gasteiger partial charge < -0.3 is 25.2 Å². The van der Waals surface area contributed by atoms with Gasteiger partial charge in [-0.05, 0) is 0 Å². The minimum absolute atomic E-state index is 0.157. The molecule has 1 aliphatic rings. The number of hydrogen-bond acceptors (Lipinski definition) is 4. The molecule has 0 spiro atoms. The molecule has 5 nitrogen and oxygen atoms in total. The van der Waals surface area contributed by atoms with Gasteiger partial charge in [-0.1, -0.05) is 0 Å². The summed E-state index contributed by atoms with van der Waals surface area (Å²) in [7, 11) is 0. The molecular weight excluding hydrogens is 140 g/mol. The molecule has 0 aromatic rings. The number of hydrogen-bond donors (Lipinski definition) is 3. The summed E-state index contributed by atoms with van der Waals surface area (Å²) < 4.78 is 4.60. The summed E-state index contributed by atoms with van der Waals surface area (Å²) in [6.07, 6.45) is -4.50. The Morgan fingerprint density at radius 3 is 2.00 bits per heavy atom. The van der Waals surface area contributed by atoms with Gasteiger partial charge in [-0.15, -0.1) is 0 Å². The molecule has 10 heavy (non-hydrogen) atoms. The van der Waals surface area contributed by atoms with E-state index < -0.39 is 24.6 Å². The van der Waals surface area contributed by atoms with Gasteiger partial charge in [0.25, 0.3) is 0 Å². The fraction of sp³-hybridized carbons (Fsp3) is 1.00. The minimum Gasteiger partial charge on any atom is -0.443 e. The second-order valence-electron chi connectivity index (χ2n) is 2.25. The van der Waals surface area contributed by atoms with Gasteiger partial charge in [-0.25, -0.2) is 0 Å². The molecule has 5 N–H and O–H groups in total. The predicted octanol–water partition coefficient (Wildman–Crippen LogP) is -2.85. The van der Waals surface area contributed by atoms with Gasteiger partial charge in [0, 0.05) is 0 Å². The zero-order chi connectivity index (χ0) is 7.72. The molecule has 60 valence electrons. The molecule has 5 heteroatoms. The summed E-state index contributed by atoms with van der Waals surface area (Å²) in [5.74, 6) is 0. The van der Waals surface area contributed by atoms with Crippen molar-refractivity contribution in [1.82, 2.24) is 0 Å². The van der Waals surface area contributed by atoms with Gasteiger partial charge >= 0.3 is 0 Å². The normalized spacial score (nSPS) is 48.0. The van der Waals surface area contributed by atoms with Crippen molar-refractivity contribution in [1.29, 1.82) is 0 Å². The maximum atomic E-state index is 8.97. The van der Waals surface area contributed by atoms with Crippen LogP contribution in [0.5, 0.6) is 0 Å². The molecule has 1 unspecified atom stereocenters. The number of rotatable bonds is 1. The van der Waals surface area contributed by atoms with Crippen LogP contribution in [0.4, 0.5) is 0 Å². The van der Waals surface area contributed by atoms with Crippen LogP contribution in [0.2, 0.25) is 0 Å². The highest BCUT2D eigenvalue weighted by Crippen LogP contribution is 2.18. The third-order valence-electron chi connectivity index (χ3n) is 1.54. The van der Waals surface area contributed by atoms with Gasteiger partial charge in [0.15, 0.2) is 19.0 Å². The van der Waals surface area contributed by atoms with E-state index in [2.05, 4.69) is 4.74 Å². The van der Waals surface area contributed by atoms with E-state index in [-0.39, 0.29) is 6.61 Å². The zero-order valence-corrected chi connectivity index (χ0v) is 5.27. The smallest absolute Gasteiger partial charge is 0.184 e. The van der Waals surface area contributed by atoms with Crippen LogP contribution in [0, 0.1) is 0 Å². The van der Waals surface area contributed by atoms with Gasteiger partial charge in [0.2, 0.25) is 0 Å². The molecular formula is C5H11O5+. The summed E-state index contributed by atoms with van der Waals surface area (Å²) in [5.41, 5.74) is 0. The highest BCUT2D eigenvalue weighted by Gasteiger charge is 2.42. The number of aliphatic hydroxyl groups is 3. The van der Waals surface area contributed by atoms with Gasteiger partial charge in [0.05, 0.1) is 0 Å². The second kappa shape index (κ2) is 2.81. The largest absolute Gasteiger partial charge is 0.443 e. The molecule has 0 amide bonds. The van der Waals surface area contributed by atoms with E-state index in [1.165, 1.54) is 0 Å². The fourth-order valence-corrected chi connectivity index (χ4v) is 0.898. The van der Waals surface area contributed by atoms with Gasteiger partial charge in [-0.3, -0.25) is 0 Å². The van der Waals surface area contributed by atoms with Crippen molar-refractivity contribution < 1.29 is 25.2 Å². The van der Waals surface area contributed by atoms with Crippen molar-refractivity contribution in [2.24, 2.45) is 0 Å². The van der Waals surface area contributed by atoms with E-state index in [0.29, 0.717) is 0 Å². The Morgan fingerprint density at radius 1 is 1.20 bits per heavy atom. The Labute approximate surface area is 57.5 Å². The van der Waals surface area contributed by atoms with Crippen molar-refractivity contribution in [2.75, 3.05) is 6.61 Å². The lowest BCUT2D eigenvalue weighted by molar-refractivity contribution is -0.132. The van der Waals surface area contributed by atoms with Crippen LogP contribution in [0.1, 0.15) is 0 Å². The molecule has 4 atom stereocenters. The van der Waals surface area contributed by atoms with Crippen molar-refractivity contribution in [3.8, 4) is 0 Å². The first-order chi connectivity index (χ1) is 4.66. The van der Waals surface area contributed by atoms with Crippen molar-refractivity contribution in [3.05, 3.63) is 0 Å². The first kappa shape index (κ1) is 7.90. The van der Waals surface area contributed by atoms with Crippen LogP contribution in [-0.2, 0) is 4.74 Å². The van der Waals surface area contributed by atoms with Crippen molar-refractivity contribution in [3.63, 3.8) is 0 Å². The van der Waals surface area contributed by atoms with E-state index in [1.54, 1.807) is 0 Å². The van der Waals surface area contributed by atoms with E-state index in [0.717, 1.165) is 0 Å². The fourth-order valence-electron chi connectivity index (χ4n) is 0.898. The third-order valence-corrected chi connectivity index (χ3v) is 1.54. The lowest BCUT2D eigenvalue weighted by Gasteiger charge is -2.07. The van der Waals surface area contributed by atoms with Crippen LogP contribution in [-0.4, -0.2) is 51.6 Å². The molecule has 0 bridgehead atoms. The van der Waals surface area contributed by atoms with E-state index in [4.69, 9.17) is 20.4 Å². The van der Waals surface area contributed by atoms with Gasteiger partial charge in [-0.2, -0.15) is 0 Å². The summed E-state index contributed by atoms with van der Waals surface area (Å²) >= 11 is 0. The molecule has 0 aromatic carbocycles. The van der Waals surface area contributed by atoms with Crippen LogP contribution in [0.25, 0.3) is 0 Å². The monoisotopic (exact) mass is 151 g/mol. The summed E-state index contributed by atoms with van der Waals surface area (Å²) in [4.78, 5) is 0. The van der Waals surface area contributed by atoms with Gasteiger partial charge in [0.1, 0.15) is 12.2 Å². The quantitative estimate of drug-likeness (QED) is 0.352. The highest BCUT2D eigenvalue weighted by molar-refractivity contribution is 4.84. The lowest BCUT2D eigenvalue weighted by atomic mass is 10.1. The van der Waals surface area contributed by atoms with Crippen LogP contribution < -0.4 is 0 Å². The summed E-state index contributed by atoms with van der Waals surface area (Å²) in [6, 6.07) is 0. The molecule has 1 fully saturated rings. The SMILES string of the molecule is OC1O[C@H](C[OH2+])[C@@H](O)[C@@H]1O. The van der Waals surface area contributed by atoms with Crippen molar-refractivity contribution >= 4 is 0 Å².